The second kappa shape index (κ2) is 12.4. The van der Waals surface area contributed by atoms with Gasteiger partial charge in [-0.05, 0) is 42.9 Å². The van der Waals surface area contributed by atoms with Gasteiger partial charge in [0.15, 0.2) is 11.8 Å². The molecule has 2 N–H and O–H groups in total. The average molecular weight is 587 g/mol. The van der Waals surface area contributed by atoms with E-state index < -0.39 is 29.6 Å². The van der Waals surface area contributed by atoms with Gasteiger partial charge in [-0.1, -0.05) is 37.3 Å². The minimum absolute atomic E-state index is 0.194. The minimum atomic E-state index is -4.86. The highest BCUT2D eigenvalue weighted by molar-refractivity contribution is 6.03. The number of aromatic nitrogens is 2. The molecule has 4 heterocycles. The number of oxazole rings is 1. The fraction of sp³-hybridized carbons (Fsp3) is 0.448. The molecule has 2 aromatic heterocycles. The Kier molecular flexibility index (Phi) is 8.66. The van der Waals surface area contributed by atoms with Crippen molar-refractivity contribution in [2.24, 2.45) is 5.92 Å². The van der Waals surface area contributed by atoms with E-state index in [1.54, 1.807) is 46.2 Å². The Morgan fingerprint density at radius 3 is 2.48 bits per heavy atom. The third kappa shape index (κ3) is 6.67. The summed E-state index contributed by atoms with van der Waals surface area (Å²) in [7, 11) is 0. The summed E-state index contributed by atoms with van der Waals surface area (Å²) in [5.41, 5.74) is -0.634. The van der Waals surface area contributed by atoms with Gasteiger partial charge in [0.25, 0.3) is 17.8 Å². The summed E-state index contributed by atoms with van der Waals surface area (Å²) in [6, 6.07) is 11.7. The van der Waals surface area contributed by atoms with Gasteiger partial charge in [-0.15, -0.1) is 0 Å². The van der Waals surface area contributed by atoms with Crippen LogP contribution in [-0.4, -0.2) is 71.1 Å². The Hall–Kier alpha value is -4.13. The standard InChI is InChI=1S/C29H33F3N6O4/c1-19-7-5-12-38(18-19)28-35-25(29(30,31)32)24(42-28)26(40)34-21-10-11-22(33-17-21)36-13-6-14-37(16-15-36)27(41)23(39)20-8-3-2-4-9-20/h2-4,8-11,17,19,23,39H,5-7,12-16,18H2,1H3,(H,34,40). The number of carbonyl (C=O) groups is 2. The number of anilines is 3. The van der Waals surface area contributed by atoms with Gasteiger partial charge in [0.05, 0.1) is 11.9 Å². The van der Waals surface area contributed by atoms with E-state index in [0.29, 0.717) is 57.1 Å². The SMILES string of the molecule is CC1CCCN(c2nc(C(F)(F)F)c(C(=O)Nc3ccc(N4CCCN(C(=O)C(O)c5ccccc5)CC4)nc3)o2)C1. The lowest BCUT2D eigenvalue weighted by molar-refractivity contribution is -0.141. The maximum absolute atomic E-state index is 13.7. The van der Waals surface area contributed by atoms with Crippen LogP contribution in [0.2, 0.25) is 0 Å². The third-order valence-corrected chi connectivity index (χ3v) is 7.50. The third-order valence-electron chi connectivity index (χ3n) is 7.50. The van der Waals surface area contributed by atoms with Crippen molar-refractivity contribution in [2.45, 2.75) is 38.5 Å². The van der Waals surface area contributed by atoms with Crippen molar-refractivity contribution in [2.75, 3.05) is 54.4 Å². The van der Waals surface area contributed by atoms with Crippen molar-refractivity contribution < 1.29 is 32.3 Å². The predicted molar refractivity (Wildman–Crippen MR) is 149 cm³/mol. The van der Waals surface area contributed by atoms with E-state index in [1.807, 2.05) is 17.9 Å². The van der Waals surface area contributed by atoms with E-state index in [9.17, 15) is 27.9 Å². The molecule has 2 amide bonds. The number of aliphatic hydroxyl groups is 1. The zero-order valence-corrected chi connectivity index (χ0v) is 23.2. The maximum Gasteiger partial charge on any atom is 0.437 e. The number of nitrogens with one attached hydrogen (secondary N) is 1. The Morgan fingerprint density at radius 2 is 1.79 bits per heavy atom. The molecule has 5 rings (SSSR count). The second-order valence-electron chi connectivity index (χ2n) is 10.7. The first kappa shape index (κ1) is 29.4. The zero-order chi connectivity index (χ0) is 29.9. The number of alkyl halides is 3. The first-order chi connectivity index (χ1) is 20.1. The average Bonchev–Trinajstić information content (AvgIpc) is 3.31. The monoisotopic (exact) mass is 586 g/mol. The predicted octanol–water partition coefficient (Wildman–Crippen LogP) is 4.35. The van der Waals surface area contributed by atoms with Gasteiger partial charge < -0.3 is 29.5 Å². The van der Waals surface area contributed by atoms with Gasteiger partial charge in [0.2, 0.25) is 5.76 Å². The number of halogens is 3. The van der Waals surface area contributed by atoms with Gasteiger partial charge in [0.1, 0.15) is 5.82 Å². The van der Waals surface area contributed by atoms with Crippen molar-refractivity contribution in [3.05, 3.63) is 65.7 Å². The molecule has 2 saturated heterocycles. The largest absolute Gasteiger partial charge is 0.437 e. The fourth-order valence-electron chi connectivity index (χ4n) is 5.31. The van der Waals surface area contributed by atoms with Crippen LogP contribution in [-0.2, 0) is 11.0 Å². The molecule has 13 heteroatoms. The quantitative estimate of drug-likeness (QED) is 0.438. The summed E-state index contributed by atoms with van der Waals surface area (Å²) >= 11 is 0. The van der Waals surface area contributed by atoms with E-state index in [-0.39, 0.29) is 23.5 Å². The normalized spacial score (nSPS) is 18.9. The topological polar surface area (TPSA) is 115 Å². The number of pyridine rings is 1. The summed E-state index contributed by atoms with van der Waals surface area (Å²) in [6.07, 6.45) is -2.33. The first-order valence-electron chi connectivity index (χ1n) is 14.0. The Morgan fingerprint density at radius 1 is 1.02 bits per heavy atom. The lowest BCUT2D eigenvalue weighted by atomic mass is 10.0. The molecule has 3 aromatic rings. The molecule has 0 bridgehead atoms. The van der Waals surface area contributed by atoms with Crippen LogP contribution in [0.1, 0.15) is 54.1 Å². The van der Waals surface area contributed by atoms with Crippen LogP contribution in [0.15, 0.2) is 53.1 Å². The molecule has 224 valence electrons. The molecule has 2 aliphatic rings. The highest BCUT2D eigenvalue weighted by Crippen LogP contribution is 2.35. The van der Waals surface area contributed by atoms with Gasteiger partial charge >= 0.3 is 6.18 Å². The van der Waals surface area contributed by atoms with Gasteiger partial charge in [-0.3, -0.25) is 9.59 Å². The molecule has 0 radical (unpaired) electrons. The molecule has 0 spiro atoms. The van der Waals surface area contributed by atoms with Crippen LogP contribution in [0.5, 0.6) is 0 Å². The number of nitrogens with zero attached hydrogens (tertiary/aromatic N) is 5. The highest BCUT2D eigenvalue weighted by Gasteiger charge is 2.42. The fourth-order valence-corrected chi connectivity index (χ4v) is 5.31. The van der Waals surface area contributed by atoms with Crippen LogP contribution < -0.4 is 15.1 Å². The number of amides is 2. The van der Waals surface area contributed by atoms with Crippen molar-refractivity contribution in [3.8, 4) is 0 Å². The Labute approximate surface area is 241 Å². The van der Waals surface area contributed by atoms with E-state index in [4.69, 9.17) is 4.42 Å². The zero-order valence-electron chi connectivity index (χ0n) is 23.2. The van der Waals surface area contributed by atoms with Crippen molar-refractivity contribution in [3.63, 3.8) is 0 Å². The maximum atomic E-state index is 13.7. The van der Waals surface area contributed by atoms with E-state index in [0.717, 1.165) is 12.8 Å². The molecule has 42 heavy (non-hydrogen) atoms. The van der Waals surface area contributed by atoms with E-state index in [2.05, 4.69) is 15.3 Å². The summed E-state index contributed by atoms with van der Waals surface area (Å²) in [6.45, 7) is 4.94. The molecule has 10 nitrogen and oxygen atoms in total. The van der Waals surface area contributed by atoms with Crippen LogP contribution in [0.4, 0.5) is 30.7 Å². The summed E-state index contributed by atoms with van der Waals surface area (Å²) < 4.78 is 46.6. The smallest absolute Gasteiger partial charge is 0.417 e. The van der Waals surface area contributed by atoms with Gasteiger partial charge in [0, 0.05) is 39.3 Å². The summed E-state index contributed by atoms with van der Waals surface area (Å²) in [4.78, 5) is 39.0. The van der Waals surface area contributed by atoms with Crippen molar-refractivity contribution >= 4 is 29.3 Å². The molecule has 2 atom stereocenters. The molecule has 2 fully saturated rings. The number of benzene rings is 1. The summed E-state index contributed by atoms with van der Waals surface area (Å²) in [5.74, 6) is -1.47. The van der Waals surface area contributed by atoms with Crippen LogP contribution >= 0.6 is 0 Å². The minimum Gasteiger partial charge on any atom is -0.417 e. The number of hydrogen-bond acceptors (Lipinski definition) is 8. The molecular formula is C29H33F3N6O4. The second-order valence-corrected chi connectivity index (χ2v) is 10.7. The molecule has 2 unspecified atom stereocenters. The summed E-state index contributed by atoms with van der Waals surface area (Å²) in [5, 5.41) is 12.9. The van der Waals surface area contributed by atoms with Gasteiger partial charge in [-0.2, -0.15) is 18.2 Å². The molecular weight excluding hydrogens is 553 g/mol. The van der Waals surface area contributed by atoms with Crippen LogP contribution in [0, 0.1) is 5.92 Å². The molecule has 1 aromatic carbocycles. The van der Waals surface area contributed by atoms with E-state index >= 15 is 0 Å². The number of hydrogen-bond donors (Lipinski definition) is 2. The number of piperidine rings is 1. The number of aliphatic hydroxyl groups excluding tert-OH is 1. The van der Waals surface area contributed by atoms with Crippen LogP contribution in [0.25, 0.3) is 0 Å². The molecule has 2 aliphatic heterocycles. The lowest BCUT2D eigenvalue weighted by Gasteiger charge is -2.29. The molecule has 0 aliphatic carbocycles. The number of carbonyl (C=O) groups excluding carboxylic acids is 2. The Balaban J connectivity index is 1.22. The van der Waals surface area contributed by atoms with Crippen molar-refractivity contribution in [1.29, 1.82) is 0 Å². The van der Waals surface area contributed by atoms with Crippen molar-refractivity contribution in [1.82, 2.24) is 14.9 Å². The highest BCUT2D eigenvalue weighted by atomic mass is 19.4. The number of rotatable bonds is 6. The molecule has 0 saturated carbocycles. The first-order valence-corrected chi connectivity index (χ1v) is 14.0. The lowest BCUT2D eigenvalue weighted by Crippen LogP contribution is -2.38. The Bertz CT molecular complexity index is 1380. The van der Waals surface area contributed by atoms with Crippen LogP contribution in [0.3, 0.4) is 0 Å². The van der Waals surface area contributed by atoms with Gasteiger partial charge in [-0.25, -0.2) is 4.98 Å². The van der Waals surface area contributed by atoms with E-state index in [1.165, 1.54) is 6.20 Å².